The number of halogens is 1. The minimum absolute atomic E-state index is 0.0639. The first-order chi connectivity index (χ1) is 12.6. The molecule has 5 nitrogen and oxygen atoms in total. The van der Waals surface area contributed by atoms with Gasteiger partial charge in [-0.25, -0.2) is 4.39 Å². The van der Waals surface area contributed by atoms with Crippen LogP contribution in [0.5, 0.6) is 5.75 Å². The number of amides is 1. The van der Waals surface area contributed by atoms with Crippen LogP contribution in [0, 0.1) is 11.2 Å². The normalized spacial score (nSPS) is 29.0. The number of hydrogen-bond acceptors (Lipinski definition) is 4. The lowest BCUT2D eigenvalue weighted by molar-refractivity contribution is -0.0739. The van der Waals surface area contributed by atoms with E-state index in [0.29, 0.717) is 38.5 Å². The molecule has 6 heteroatoms. The van der Waals surface area contributed by atoms with Crippen LogP contribution in [0.2, 0.25) is 0 Å². The maximum absolute atomic E-state index is 13.4. The number of rotatable bonds is 2. The predicted octanol–water partition coefficient (Wildman–Crippen LogP) is 2.89. The van der Waals surface area contributed by atoms with E-state index in [0.717, 1.165) is 31.7 Å². The molecule has 2 fully saturated rings. The van der Waals surface area contributed by atoms with Gasteiger partial charge in [0.25, 0.3) is 5.91 Å². The monoisotopic (exact) mass is 361 g/mol. The number of fused-ring (bicyclic) bond motifs is 1. The minimum atomic E-state index is -0.715. The van der Waals surface area contributed by atoms with Gasteiger partial charge in [0.1, 0.15) is 0 Å². The van der Waals surface area contributed by atoms with Crippen LogP contribution in [0.3, 0.4) is 0 Å². The van der Waals surface area contributed by atoms with Gasteiger partial charge in [0.15, 0.2) is 11.6 Å². The molecule has 0 spiro atoms. The Bertz CT molecular complexity index is 731. The van der Waals surface area contributed by atoms with E-state index >= 15 is 0 Å². The molecule has 3 aliphatic heterocycles. The number of ether oxygens (including phenoxy) is 2. The second-order valence-corrected chi connectivity index (χ2v) is 7.34. The summed E-state index contributed by atoms with van der Waals surface area (Å²) in [7, 11) is 0. The second kappa shape index (κ2) is 7.00. The number of carbonyl (C=O) groups is 1. The zero-order valence-corrected chi connectivity index (χ0v) is 14.7. The third-order valence-electron chi connectivity index (χ3n) is 5.99. The van der Waals surface area contributed by atoms with Crippen LogP contribution in [0.25, 0.3) is 0 Å². The number of benzene rings is 1. The van der Waals surface area contributed by atoms with Crippen LogP contribution >= 0.6 is 0 Å². The first-order valence-corrected chi connectivity index (χ1v) is 9.26. The number of hydrogen-bond donors (Lipinski definition) is 1. The van der Waals surface area contributed by atoms with Crippen molar-refractivity contribution in [3.63, 3.8) is 0 Å². The molecule has 0 aliphatic carbocycles. The Morgan fingerprint density at radius 2 is 2.19 bits per heavy atom. The van der Waals surface area contributed by atoms with E-state index in [-0.39, 0.29) is 17.4 Å². The molecule has 0 radical (unpaired) electrons. The SMILES string of the molecule is O=C(c1ccc(F)c(O)c1)N1CCC[C@]2(C3=CCOCC3)COCC[C@@H]12. The summed E-state index contributed by atoms with van der Waals surface area (Å²) in [6, 6.07) is 3.88. The van der Waals surface area contributed by atoms with Gasteiger partial charge in [-0.05, 0) is 43.9 Å². The summed E-state index contributed by atoms with van der Waals surface area (Å²) in [5.41, 5.74) is 1.51. The van der Waals surface area contributed by atoms with Crippen molar-refractivity contribution >= 4 is 5.91 Å². The minimum Gasteiger partial charge on any atom is -0.505 e. The van der Waals surface area contributed by atoms with Crippen LogP contribution in [0.4, 0.5) is 4.39 Å². The van der Waals surface area contributed by atoms with Gasteiger partial charge in [-0.1, -0.05) is 11.6 Å². The van der Waals surface area contributed by atoms with Gasteiger partial charge in [0.05, 0.1) is 19.8 Å². The highest BCUT2D eigenvalue weighted by molar-refractivity contribution is 5.95. The van der Waals surface area contributed by atoms with E-state index in [2.05, 4.69) is 6.08 Å². The van der Waals surface area contributed by atoms with Gasteiger partial charge < -0.3 is 19.5 Å². The summed E-state index contributed by atoms with van der Waals surface area (Å²) in [5, 5.41) is 9.65. The van der Waals surface area contributed by atoms with Crippen molar-refractivity contribution in [2.24, 2.45) is 5.41 Å². The summed E-state index contributed by atoms with van der Waals surface area (Å²) in [4.78, 5) is 15.1. The first kappa shape index (κ1) is 17.5. The summed E-state index contributed by atoms with van der Waals surface area (Å²) in [6.45, 7) is 3.26. The Morgan fingerprint density at radius 1 is 1.31 bits per heavy atom. The quantitative estimate of drug-likeness (QED) is 0.823. The smallest absolute Gasteiger partial charge is 0.254 e. The lowest BCUT2D eigenvalue weighted by atomic mass is 9.65. The molecule has 1 aromatic rings. The lowest BCUT2D eigenvalue weighted by Gasteiger charge is -2.54. The predicted molar refractivity (Wildman–Crippen MR) is 93.5 cm³/mol. The van der Waals surface area contributed by atoms with E-state index in [9.17, 15) is 14.3 Å². The molecule has 0 bridgehead atoms. The highest BCUT2D eigenvalue weighted by Crippen LogP contribution is 2.48. The molecule has 26 heavy (non-hydrogen) atoms. The Morgan fingerprint density at radius 3 is 2.96 bits per heavy atom. The van der Waals surface area contributed by atoms with Gasteiger partial charge in [-0.3, -0.25) is 4.79 Å². The molecule has 1 N–H and O–H groups in total. The van der Waals surface area contributed by atoms with Gasteiger partial charge >= 0.3 is 0 Å². The summed E-state index contributed by atoms with van der Waals surface area (Å²) in [5.74, 6) is -1.35. The van der Waals surface area contributed by atoms with Crippen molar-refractivity contribution in [1.29, 1.82) is 0 Å². The van der Waals surface area contributed by atoms with Crippen molar-refractivity contribution in [3.05, 3.63) is 41.2 Å². The third-order valence-corrected chi connectivity index (χ3v) is 5.99. The molecule has 3 heterocycles. The number of carbonyl (C=O) groups excluding carboxylic acids is 1. The lowest BCUT2D eigenvalue weighted by Crippen LogP contribution is -2.59. The van der Waals surface area contributed by atoms with Gasteiger partial charge in [0.2, 0.25) is 0 Å². The summed E-state index contributed by atoms with van der Waals surface area (Å²) in [6.07, 6.45) is 5.72. The zero-order chi connectivity index (χ0) is 18.1. The molecule has 0 unspecified atom stereocenters. The second-order valence-electron chi connectivity index (χ2n) is 7.34. The van der Waals surface area contributed by atoms with Crippen LogP contribution < -0.4 is 0 Å². The van der Waals surface area contributed by atoms with E-state index in [4.69, 9.17) is 9.47 Å². The third kappa shape index (κ3) is 2.91. The molecule has 3 aliphatic rings. The highest BCUT2D eigenvalue weighted by atomic mass is 19.1. The molecule has 0 aromatic heterocycles. The molecule has 2 atom stereocenters. The van der Waals surface area contributed by atoms with E-state index in [1.165, 1.54) is 17.7 Å². The number of aromatic hydroxyl groups is 1. The van der Waals surface area contributed by atoms with Crippen LogP contribution in [0.15, 0.2) is 29.8 Å². The number of piperidine rings is 1. The van der Waals surface area contributed by atoms with Crippen molar-refractivity contribution in [2.75, 3.05) is 33.0 Å². The maximum atomic E-state index is 13.4. The molecule has 1 amide bonds. The van der Waals surface area contributed by atoms with E-state index in [1.54, 1.807) is 0 Å². The van der Waals surface area contributed by atoms with Crippen LogP contribution in [0.1, 0.15) is 36.0 Å². The van der Waals surface area contributed by atoms with Crippen molar-refractivity contribution < 1.29 is 23.8 Å². The topological polar surface area (TPSA) is 59.0 Å². The Kier molecular flexibility index (Phi) is 4.71. The maximum Gasteiger partial charge on any atom is 0.254 e. The molecular formula is C20H24FNO4. The summed E-state index contributed by atoms with van der Waals surface area (Å²) < 4.78 is 24.7. The highest BCUT2D eigenvalue weighted by Gasteiger charge is 2.50. The molecule has 1 aromatic carbocycles. The van der Waals surface area contributed by atoms with Crippen LogP contribution in [-0.4, -0.2) is 54.9 Å². The Labute approximate surface area is 152 Å². The molecule has 140 valence electrons. The van der Waals surface area contributed by atoms with E-state index < -0.39 is 11.6 Å². The fraction of sp³-hybridized carbons (Fsp3) is 0.550. The largest absolute Gasteiger partial charge is 0.505 e. The molecule has 4 rings (SSSR count). The number of nitrogens with zero attached hydrogens (tertiary/aromatic N) is 1. The molecular weight excluding hydrogens is 337 g/mol. The van der Waals surface area contributed by atoms with E-state index in [1.807, 2.05) is 4.90 Å². The van der Waals surface area contributed by atoms with Gasteiger partial charge in [0, 0.05) is 30.2 Å². The fourth-order valence-corrected chi connectivity index (χ4v) is 4.74. The fourth-order valence-electron chi connectivity index (χ4n) is 4.74. The average molecular weight is 361 g/mol. The Hall–Kier alpha value is -1.92. The zero-order valence-electron chi connectivity index (χ0n) is 14.7. The van der Waals surface area contributed by atoms with Crippen molar-refractivity contribution in [2.45, 2.75) is 31.7 Å². The van der Waals surface area contributed by atoms with Crippen LogP contribution in [-0.2, 0) is 9.47 Å². The van der Waals surface area contributed by atoms with Gasteiger partial charge in [-0.15, -0.1) is 0 Å². The summed E-state index contributed by atoms with van der Waals surface area (Å²) >= 11 is 0. The molecule has 2 saturated heterocycles. The number of phenolic OH excluding ortho intramolecular Hbond substituents is 1. The standard InChI is InChI=1S/C20H24FNO4/c21-16-3-2-14(12-17(16)23)19(24)22-8-1-7-20(13-26-11-6-18(20)22)15-4-9-25-10-5-15/h2-4,12,18,23H,1,5-11,13H2/t18-,20-/m1/s1. The number of likely N-dealkylation sites (tertiary alicyclic amines) is 1. The molecule has 0 saturated carbocycles. The Balaban J connectivity index is 1.67. The average Bonchev–Trinajstić information content (AvgIpc) is 2.69. The van der Waals surface area contributed by atoms with Crippen molar-refractivity contribution in [3.8, 4) is 5.75 Å². The van der Waals surface area contributed by atoms with Gasteiger partial charge in [-0.2, -0.15) is 0 Å². The first-order valence-electron chi connectivity index (χ1n) is 9.26. The number of phenols is 1. The van der Waals surface area contributed by atoms with Crippen molar-refractivity contribution in [1.82, 2.24) is 4.90 Å².